The molecular weight excluding hydrogens is 376 g/mol. The van der Waals surface area contributed by atoms with Crippen molar-refractivity contribution in [3.8, 4) is 5.75 Å². The Morgan fingerprint density at radius 1 is 1.00 bits per heavy atom. The second-order valence-electron chi connectivity index (χ2n) is 7.76. The molecule has 2 aromatic carbocycles. The highest BCUT2D eigenvalue weighted by atomic mass is 16.5. The maximum atomic E-state index is 13.1. The molecule has 5 heteroatoms. The number of ether oxygens (including phenoxy) is 1. The molecule has 0 aromatic heterocycles. The number of aryl methyl sites for hydroxylation is 3. The number of hydrogen-bond acceptors (Lipinski definition) is 3. The van der Waals surface area contributed by atoms with Gasteiger partial charge in [0.05, 0.1) is 0 Å². The molecule has 162 valence electrons. The number of amides is 2. The molecule has 1 N–H and O–H groups in total. The molecule has 5 nitrogen and oxygen atoms in total. The first kappa shape index (κ1) is 23.5. The predicted molar refractivity (Wildman–Crippen MR) is 121 cm³/mol. The van der Waals surface area contributed by atoms with Crippen molar-refractivity contribution < 1.29 is 14.3 Å². The molecule has 30 heavy (non-hydrogen) atoms. The Kier molecular flexibility index (Phi) is 8.90. The van der Waals surface area contributed by atoms with Crippen LogP contribution in [0.1, 0.15) is 48.9 Å². The van der Waals surface area contributed by atoms with E-state index in [4.69, 9.17) is 4.74 Å². The van der Waals surface area contributed by atoms with Gasteiger partial charge in [-0.1, -0.05) is 49.7 Å². The predicted octanol–water partition coefficient (Wildman–Crippen LogP) is 4.32. The summed E-state index contributed by atoms with van der Waals surface area (Å²) in [5.41, 5.74) is 4.43. The van der Waals surface area contributed by atoms with Crippen molar-refractivity contribution in [3.63, 3.8) is 0 Å². The fourth-order valence-corrected chi connectivity index (χ4v) is 3.21. The Labute approximate surface area is 180 Å². The van der Waals surface area contributed by atoms with Gasteiger partial charge < -0.3 is 15.0 Å². The molecule has 0 aliphatic heterocycles. The molecule has 0 aliphatic carbocycles. The van der Waals surface area contributed by atoms with Crippen LogP contribution >= 0.6 is 0 Å². The molecule has 0 saturated heterocycles. The van der Waals surface area contributed by atoms with E-state index in [2.05, 4.69) is 5.32 Å². The van der Waals surface area contributed by atoms with E-state index in [0.29, 0.717) is 25.3 Å². The van der Waals surface area contributed by atoms with E-state index < -0.39 is 6.04 Å². The second-order valence-corrected chi connectivity index (χ2v) is 7.76. The van der Waals surface area contributed by atoms with Crippen molar-refractivity contribution in [3.05, 3.63) is 64.7 Å². The highest BCUT2D eigenvalue weighted by Gasteiger charge is 2.28. The normalized spacial score (nSPS) is 11.6. The van der Waals surface area contributed by atoms with Crippen LogP contribution in [0.25, 0.3) is 0 Å². The van der Waals surface area contributed by atoms with Gasteiger partial charge in [0, 0.05) is 13.1 Å². The lowest BCUT2D eigenvalue weighted by molar-refractivity contribution is -0.143. The zero-order valence-electron chi connectivity index (χ0n) is 18.8. The summed E-state index contributed by atoms with van der Waals surface area (Å²) in [7, 11) is 0. The van der Waals surface area contributed by atoms with Gasteiger partial charge in [-0.3, -0.25) is 9.59 Å². The molecule has 0 saturated carbocycles. The maximum absolute atomic E-state index is 13.1. The van der Waals surface area contributed by atoms with E-state index in [1.54, 1.807) is 4.90 Å². The van der Waals surface area contributed by atoms with Crippen LogP contribution in [0, 0.1) is 20.8 Å². The number of hydrogen-bond donors (Lipinski definition) is 1. The molecule has 2 aromatic rings. The smallest absolute Gasteiger partial charge is 0.261 e. The van der Waals surface area contributed by atoms with Gasteiger partial charge in [-0.2, -0.15) is 0 Å². The lowest BCUT2D eigenvalue weighted by atomic mass is 10.1. The largest absolute Gasteiger partial charge is 0.484 e. The standard InChI is InChI=1S/C25H34N2O3/c1-6-14-26-25(29)23(7-2)27(16-21-11-8-18(3)9-12-21)24(28)17-30-22-13-10-19(4)20(5)15-22/h8-13,15,23H,6-7,14,16-17H2,1-5H3,(H,26,29)/t23-/m0/s1. The first-order chi connectivity index (χ1) is 14.3. The minimum Gasteiger partial charge on any atom is -0.484 e. The van der Waals surface area contributed by atoms with Crippen molar-refractivity contribution in [1.29, 1.82) is 0 Å². The molecular formula is C25H34N2O3. The molecule has 0 unspecified atom stereocenters. The molecule has 0 bridgehead atoms. The van der Waals surface area contributed by atoms with Gasteiger partial charge in [-0.05, 0) is 62.4 Å². The Hall–Kier alpha value is -2.82. The third-order valence-corrected chi connectivity index (χ3v) is 5.25. The Balaban J connectivity index is 2.18. The zero-order chi connectivity index (χ0) is 22.1. The summed E-state index contributed by atoms with van der Waals surface area (Å²) in [4.78, 5) is 27.5. The molecule has 1 atom stereocenters. The molecule has 0 aliphatic rings. The number of nitrogens with zero attached hydrogens (tertiary/aromatic N) is 1. The Morgan fingerprint density at radius 3 is 2.30 bits per heavy atom. The highest BCUT2D eigenvalue weighted by molar-refractivity contribution is 5.88. The topological polar surface area (TPSA) is 58.6 Å². The van der Waals surface area contributed by atoms with Crippen LogP contribution in [-0.2, 0) is 16.1 Å². The molecule has 2 rings (SSSR count). The quantitative estimate of drug-likeness (QED) is 0.634. The van der Waals surface area contributed by atoms with Crippen molar-refractivity contribution in [2.45, 2.75) is 60.0 Å². The minimum absolute atomic E-state index is 0.105. The number of carbonyl (C=O) groups excluding carboxylic acids is 2. The Bertz CT molecular complexity index is 846. The summed E-state index contributed by atoms with van der Waals surface area (Å²) in [6, 6.07) is 13.3. The van der Waals surface area contributed by atoms with Crippen LogP contribution in [0.3, 0.4) is 0 Å². The summed E-state index contributed by atoms with van der Waals surface area (Å²) >= 11 is 0. The average Bonchev–Trinajstić information content (AvgIpc) is 2.74. The number of rotatable bonds is 10. The number of benzene rings is 2. The first-order valence-electron chi connectivity index (χ1n) is 10.7. The minimum atomic E-state index is -0.534. The van der Waals surface area contributed by atoms with Crippen LogP contribution in [0.5, 0.6) is 5.75 Å². The van der Waals surface area contributed by atoms with E-state index in [1.807, 2.05) is 77.1 Å². The lowest BCUT2D eigenvalue weighted by Gasteiger charge is -2.30. The van der Waals surface area contributed by atoms with Crippen LogP contribution in [0.15, 0.2) is 42.5 Å². The fraction of sp³-hybridized carbons (Fsp3) is 0.440. The summed E-state index contributed by atoms with van der Waals surface area (Å²) in [5, 5.41) is 2.93. The summed E-state index contributed by atoms with van der Waals surface area (Å²) in [5.74, 6) is 0.337. The highest BCUT2D eigenvalue weighted by Crippen LogP contribution is 2.18. The van der Waals surface area contributed by atoms with E-state index in [9.17, 15) is 9.59 Å². The summed E-state index contributed by atoms with van der Waals surface area (Å²) in [6.07, 6.45) is 1.39. The van der Waals surface area contributed by atoms with Crippen molar-refractivity contribution in [2.75, 3.05) is 13.2 Å². The van der Waals surface area contributed by atoms with Crippen LogP contribution in [0.4, 0.5) is 0 Å². The monoisotopic (exact) mass is 410 g/mol. The lowest BCUT2D eigenvalue weighted by Crippen LogP contribution is -2.50. The number of nitrogens with one attached hydrogen (secondary N) is 1. The van der Waals surface area contributed by atoms with Gasteiger partial charge in [-0.25, -0.2) is 0 Å². The number of carbonyl (C=O) groups is 2. The molecule has 0 radical (unpaired) electrons. The van der Waals surface area contributed by atoms with E-state index >= 15 is 0 Å². The van der Waals surface area contributed by atoms with Crippen LogP contribution < -0.4 is 10.1 Å². The van der Waals surface area contributed by atoms with E-state index in [-0.39, 0.29) is 18.4 Å². The van der Waals surface area contributed by atoms with Gasteiger partial charge in [-0.15, -0.1) is 0 Å². The molecule has 2 amide bonds. The third kappa shape index (κ3) is 6.61. The SMILES string of the molecule is CCCNC(=O)[C@H](CC)N(Cc1ccc(C)cc1)C(=O)COc1ccc(C)c(C)c1. The molecule has 0 spiro atoms. The fourth-order valence-electron chi connectivity index (χ4n) is 3.21. The second kappa shape index (κ2) is 11.4. The van der Waals surface area contributed by atoms with E-state index in [0.717, 1.165) is 23.1 Å². The van der Waals surface area contributed by atoms with Gasteiger partial charge >= 0.3 is 0 Å². The first-order valence-corrected chi connectivity index (χ1v) is 10.7. The molecule has 0 fully saturated rings. The van der Waals surface area contributed by atoms with E-state index in [1.165, 1.54) is 5.56 Å². The van der Waals surface area contributed by atoms with Crippen molar-refractivity contribution >= 4 is 11.8 Å². The van der Waals surface area contributed by atoms with Crippen molar-refractivity contribution in [1.82, 2.24) is 10.2 Å². The third-order valence-electron chi connectivity index (χ3n) is 5.25. The van der Waals surface area contributed by atoms with Crippen LogP contribution in [-0.4, -0.2) is 35.9 Å². The summed E-state index contributed by atoms with van der Waals surface area (Å²) < 4.78 is 5.77. The van der Waals surface area contributed by atoms with Gasteiger partial charge in [0.15, 0.2) is 6.61 Å². The van der Waals surface area contributed by atoms with Gasteiger partial charge in [0.1, 0.15) is 11.8 Å². The summed E-state index contributed by atoms with van der Waals surface area (Å²) in [6.45, 7) is 10.9. The Morgan fingerprint density at radius 2 is 1.70 bits per heavy atom. The van der Waals surface area contributed by atoms with Crippen molar-refractivity contribution in [2.24, 2.45) is 0 Å². The van der Waals surface area contributed by atoms with Gasteiger partial charge in [0.2, 0.25) is 5.91 Å². The molecule has 0 heterocycles. The maximum Gasteiger partial charge on any atom is 0.261 e. The van der Waals surface area contributed by atoms with Crippen LogP contribution in [0.2, 0.25) is 0 Å². The van der Waals surface area contributed by atoms with Gasteiger partial charge in [0.25, 0.3) is 5.91 Å². The average molecular weight is 411 g/mol. The zero-order valence-corrected chi connectivity index (χ0v) is 18.8.